The number of benzene rings is 3. The molecule has 0 saturated carbocycles. The van der Waals surface area contributed by atoms with E-state index in [1.807, 2.05) is 42.7 Å². The molecule has 0 N–H and O–H groups in total. The van der Waals surface area contributed by atoms with Crippen molar-refractivity contribution in [3.05, 3.63) is 144 Å². The van der Waals surface area contributed by atoms with Gasteiger partial charge in [-0.3, -0.25) is 0 Å². The summed E-state index contributed by atoms with van der Waals surface area (Å²) in [5.41, 5.74) is 9.26. The minimum Gasteiger partial charge on any atom is -0.305 e. The number of aromatic nitrogens is 2. The van der Waals surface area contributed by atoms with Crippen LogP contribution in [0, 0.1) is 12.1 Å². The molecular formula is C36H36IrN2-2. The molecule has 2 aromatic heterocycles. The maximum absolute atomic E-state index is 4.64. The van der Waals surface area contributed by atoms with Crippen molar-refractivity contribution in [3.63, 3.8) is 0 Å². The smallest absolute Gasteiger partial charge is 0.0198 e. The van der Waals surface area contributed by atoms with E-state index in [4.69, 9.17) is 0 Å². The number of hydrogen-bond donors (Lipinski definition) is 0. The molecule has 0 aliphatic carbocycles. The van der Waals surface area contributed by atoms with E-state index >= 15 is 0 Å². The molecule has 3 aromatic carbocycles. The molecule has 1 unspecified atom stereocenters. The first-order valence-electron chi connectivity index (χ1n) is 13.4. The number of hydrogen-bond acceptors (Lipinski definition) is 2. The Morgan fingerprint density at radius 3 is 1.85 bits per heavy atom. The van der Waals surface area contributed by atoms with Crippen LogP contribution in [-0.2, 0) is 20.1 Å². The van der Waals surface area contributed by atoms with Gasteiger partial charge >= 0.3 is 0 Å². The van der Waals surface area contributed by atoms with Gasteiger partial charge in [0, 0.05) is 38.4 Å². The first-order valence-corrected chi connectivity index (χ1v) is 13.4. The Balaban J connectivity index is 0.000000228. The summed E-state index contributed by atoms with van der Waals surface area (Å²) in [5, 5.41) is 0. The third-order valence-electron chi connectivity index (χ3n) is 6.80. The summed E-state index contributed by atoms with van der Waals surface area (Å²) in [6.45, 7) is 11.0. The molecular weight excluding hydrogens is 653 g/mol. The standard InChI is InChI=1S/C22H22N.C14H14N.Ir/c1-16(2)18-9-11-20(12-10-18)22-14-13-21(15-23-22)17(3)19-7-5-4-6-8-19;1-11(2)13-8-9-15-14(10-13)12-6-4-3-5-7-12;/h4-11,13-17H,1-3H3;3-6,8-11H,1-2H3;/q2*-1;. The van der Waals surface area contributed by atoms with Crippen molar-refractivity contribution in [1.82, 2.24) is 9.97 Å². The fourth-order valence-electron chi connectivity index (χ4n) is 4.22. The number of rotatable bonds is 6. The van der Waals surface area contributed by atoms with E-state index in [0.29, 0.717) is 17.8 Å². The van der Waals surface area contributed by atoms with Crippen LogP contribution in [0.2, 0.25) is 0 Å². The normalized spacial score (nSPS) is 11.4. The van der Waals surface area contributed by atoms with Crippen molar-refractivity contribution < 1.29 is 20.1 Å². The average molecular weight is 689 g/mol. The van der Waals surface area contributed by atoms with Crippen LogP contribution < -0.4 is 0 Å². The minimum atomic E-state index is 0. The van der Waals surface area contributed by atoms with E-state index in [0.717, 1.165) is 22.5 Å². The van der Waals surface area contributed by atoms with E-state index in [9.17, 15) is 0 Å². The third kappa shape index (κ3) is 8.29. The Kier molecular flexibility index (Phi) is 11.3. The monoisotopic (exact) mass is 689 g/mol. The van der Waals surface area contributed by atoms with E-state index in [1.165, 1.54) is 22.3 Å². The maximum atomic E-state index is 4.64. The van der Waals surface area contributed by atoms with Crippen LogP contribution in [0.25, 0.3) is 22.5 Å². The summed E-state index contributed by atoms with van der Waals surface area (Å²) < 4.78 is 0. The summed E-state index contributed by atoms with van der Waals surface area (Å²) in [6, 6.07) is 39.8. The summed E-state index contributed by atoms with van der Waals surface area (Å²) >= 11 is 0. The van der Waals surface area contributed by atoms with E-state index in [-0.39, 0.29) is 20.1 Å². The first kappa shape index (κ1) is 30.2. The minimum absolute atomic E-state index is 0. The van der Waals surface area contributed by atoms with E-state index < -0.39 is 0 Å². The van der Waals surface area contributed by atoms with Gasteiger partial charge in [0.1, 0.15) is 0 Å². The second-order valence-electron chi connectivity index (χ2n) is 10.2. The third-order valence-corrected chi connectivity index (χ3v) is 6.80. The Morgan fingerprint density at radius 1 is 0.564 bits per heavy atom. The molecule has 0 aliphatic rings. The Bertz CT molecular complexity index is 1390. The van der Waals surface area contributed by atoms with Crippen molar-refractivity contribution in [3.8, 4) is 22.5 Å². The largest absolute Gasteiger partial charge is 0.305 e. The van der Waals surface area contributed by atoms with Crippen molar-refractivity contribution in [2.45, 2.75) is 52.4 Å². The van der Waals surface area contributed by atoms with Gasteiger partial charge in [0.25, 0.3) is 0 Å². The average Bonchev–Trinajstić information content (AvgIpc) is 2.98. The molecule has 201 valence electrons. The van der Waals surface area contributed by atoms with Crippen LogP contribution >= 0.6 is 0 Å². The molecule has 5 aromatic rings. The molecule has 1 radical (unpaired) electrons. The van der Waals surface area contributed by atoms with Crippen LogP contribution in [0.15, 0.2) is 109 Å². The van der Waals surface area contributed by atoms with Gasteiger partial charge in [0.2, 0.25) is 0 Å². The number of nitrogens with zero attached hydrogens (tertiary/aromatic N) is 2. The van der Waals surface area contributed by atoms with Crippen molar-refractivity contribution >= 4 is 0 Å². The molecule has 0 bridgehead atoms. The SMILES string of the molecule is CC(C)c1c[c-]c(-c2ccc(C(C)c3ccccc3)cn2)cc1.CC(C)c1ccnc(-c2[c-]cccc2)c1.[Ir]. The molecule has 39 heavy (non-hydrogen) atoms. The fourth-order valence-corrected chi connectivity index (χ4v) is 4.22. The van der Waals surface area contributed by atoms with Gasteiger partial charge in [-0.05, 0) is 34.5 Å². The topological polar surface area (TPSA) is 25.8 Å². The molecule has 0 amide bonds. The van der Waals surface area contributed by atoms with Crippen LogP contribution in [0.3, 0.4) is 0 Å². The molecule has 3 heteroatoms. The molecule has 0 spiro atoms. The van der Waals surface area contributed by atoms with Crippen LogP contribution in [0.1, 0.15) is 74.6 Å². The van der Waals surface area contributed by atoms with Gasteiger partial charge in [-0.15, -0.1) is 71.3 Å². The maximum Gasteiger partial charge on any atom is 0.0198 e. The molecule has 0 saturated heterocycles. The summed E-state index contributed by atoms with van der Waals surface area (Å²) in [7, 11) is 0. The predicted molar refractivity (Wildman–Crippen MR) is 159 cm³/mol. The zero-order chi connectivity index (χ0) is 26.9. The van der Waals surface area contributed by atoms with E-state index in [1.54, 1.807) is 0 Å². The molecule has 2 nitrogen and oxygen atoms in total. The Morgan fingerprint density at radius 2 is 1.26 bits per heavy atom. The van der Waals surface area contributed by atoms with Gasteiger partial charge in [-0.1, -0.05) is 94.6 Å². The first-order chi connectivity index (χ1) is 18.4. The number of pyridine rings is 2. The second kappa shape index (κ2) is 14.7. The van der Waals surface area contributed by atoms with Gasteiger partial charge in [-0.25, -0.2) is 0 Å². The van der Waals surface area contributed by atoms with Crippen LogP contribution in [0.5, 0.6) is 0 Å². The zero-order valence-corrected chi connectivity index (χ0v) is 25.7. The molecule has 0 aliphatic heterocycles. The Labute approximate surface area is 248 Å². The van der Waals surface area contributed by atoms with Gasteiger partial charge < -0.3 is 9.97 Å². The summed E-state index contributed by atoms with van der Waals surface area (Å²) in [4.78, 5) is 9.00. The predicted octanol–water partition coefficient (Wildman–Crippen LogP) is 9.49. The Hall–Kier alpha value is -3.39. The van der Waals surface area contributed by atoms with Crippen molar-refractivity contribution in [1.29, 1.82) is 0 Å². The molecule has 0 fully saturated rings. The molecule has 5 rings (SSSR count). The quantitative estimate of drug-likeness (QED) is 0.166. The summed E-state index contributed by atoms with van der Waals surface area (Å²) in [5.74, 6) is 1.42. The fraction of sp³-hybridized carbons (Fsp3) is 0.222. The second-order valence-corrected chi connectivity index (χ2v) is 10.2. The van der Waals surface area contributed by atoms with Gasteiger partial charge in [0.05, 0.1) is 0 Å². The van der Waals surface area contributed by atoms with Gasteiger partial charge in [0.15, 0.2) is 0 Å². The van der Waals surface area contributed by atoms with E-state index in [2.05, 4.69) is 123 Å². The van der Waals surface area contributed by atoms with Crippen LogP contribution in [-0.4, -0.2) is 9.97 Å². The molecule has 2 heterocycles. The van der Waals surface area contributed by atoms with Gasteiger partial charge in [-0.2, -0.15) is 0 Å². The molecule has 1 atom stereocenters. The summed E-state index contributed by atoms with van der Waals surface area (Å²) in [6.07, 6.45) is 3.85. The van der Waals surface area contributed by atoms with Crippen molar-refractivity contribution in [2.24, 2.45) is 0 Å². The zero-order valence-electron chi connectivity index (χ0n) is 23.4. The van der Waals surface area contributed by atoms with Crippen LogP contribution in [0.4, 0.5) is 0 Å². The van der Waals surface area contributed by atoms with Crippen molar-refractivity contribution in [2.75, 3.05) is 0 Å².